The summed E-state index contributed by atoms with van der Waals surface area (Å²) in [7, 11) is 1.59. The molecule has 5 nitrogen and oxygen atoms in total. The van der Waals surface area contributed by atoms with Gasteiger partial charge >= 0.3 is 0 Å². The molecule has 3 N–H and O–H groups in total. The predicted octanol–water partition coefficient (Wildman–Crippen LogP) is 0.893. The van der Waals surface area contributed by atoms with E-state index in [2.05, 4.69) is 5.32 Å². The highest BCUT2D eigenvalue weighted by atomic mass is 16.5. The molecule has 0 atom stereocenters. The Morgan fingerprint density at radius 3 is 2.75 bits per heavy atom. The highest BCUT2D eigenvalue weighted by Gasteiger charge is 2.22. The molecule has 5 heteroatoms. The van der Waals surface area contributed by atoms with Gasteiger partial charge in [0.15, 0.2) is 5.76 Å². The molecule has 0 saturated heterocycles. The van der Waals surface area contributed by atoms with E-state index in [0.29, 0.717) is 12.4 Å². The van der Waals surface area contributed by atoms with E-state index in [9.17, 15) is 4.79 Å². The second kappa shape index (κ2) is 5.14. The van der Waals surface area contributed by atoms with Crippen molar-refractivity contribution in [1.29, 1.82) is 0 Å². The van der Waals surface area contributed by atoms with Crippen LogP contribution in [-0.4, -0.2) is 25.2 Å². The van der Waals surface area contributed by atoms with Gasteiger partial charge in [-0.1, -0.05) is 0 Å². The van der Waals surface area contributed by atoms with Crippen molar-refractivity contribution in [1.82, 2.24) is 5.32 Å². The van der Waals surface area contributed by atoms with Crippen molar-refractivity contribution in [3.63, 3.8) is 0 Å². The van der Waals surface area contributed by atoms with E-state index < -0.39 is 5.54 Å². The number of carbonyl (C=O) groups is 1. The molecule has 0 bridgehead atoms. The fraction of sp³-hybridized carbons (Fsp3) is 0.545. The summed E-state index contributed by atoms with van der Waals surface area (Å²) in [5.41, 5.74) is 4.96. The topological polar surface area (TPSA) is 77.5 Å². The largest absolute Gasteiger partial charge is 0.455 e. The molecule has 0 aliphatic rings. The summed E-state index contributed by atoms with van der Waals surface area (Å²) in [6.07, 6.45) is 0. The standard InChI is InChI=1S/C11H18N2O3/c1-11(2,7-15-3)13-10(14)9-5-4-8(6-12)16-9/h4-5H,6-7,12H2,1-3H3,(H,13,14). The van der Waals surface area contributed by atoms with Crippen LogP contribution in [-0.2, 0) is 11.3 Å². The quantitative estimate of drug-likeness (QED) is 0.781. The Bertz CT molecular complexity index is 358. The molecule has 0 saturated carbocycles. The van der Waals surface area contributed by atoms with Crippen LogP contribution in [0, 0.1) is 0 Å². The van der Waals surface area contributed by atoms with E-state index in [1.165, 1.54) is 0 Å². The van der Waals surface area contributed by atoms with E-state index in [-0.39, 0.29) is 18.2 Å². The molecular formula is C11H18N2O3. The predicted molar refractivity (Wildman–Crippen MR) is 60.0 cm³/mol. The fourth-order valence-electron chi connectivity index (χ4n) is 1.38. The summed E-state index contributed by atoms with van der Waals surface area (Å²) >= 11 is 0. The molecule has 0 aromatic carbocycles. The van der Waals surface area contributed by atoms with Gasteiger partial charge in [-0.2, -0.15) is 0 Å². The molecule has 0 fully saturated rings. The van der Waals surface area contributed by atoms with Crippen molar-refractivity contribution in [3.8, 4) is 0 Å². The van der Waals surface area contributed by atoms with E-state index in [4.69, 9.17) is 14.9 Å². The van der Waals surface area contributed by atoms with Crippen molar-refractivity contribution in [2.45, 2.75) is 25.9 Å². The molecule has 90 valence electrons. The number of methoxy groups -OCH3 is 1. The molecule has 0 radical (unpaired) electrons. The highest BCUT2D eigenvalue weighted by molar-refractivity contribution is 5.91. The van der Waals surface area contributed by atoms with Crippen molar-refractivity contribution in [3.05, 3.63) is 23.7 Å². The number of carbonyl (C=O) groups excluding carboxylic acids is 1. The average molecular weight is 226 g/mol. The maximum atomic E-state index is 11.8. The molecular weight excluding hydrogens is 208 g/mol. The van der Waals surface area contributed by atoms with Crippen molar-refractivity contribution in [2.75, 3.05) is 13.7 Å². The van der Waals surface area contributed by atoms with Gasteiger partial charge in [0.05, 0.1) is 18.7 Å². The van der Waals surface area contributed by atoms with Gasteiger partial charge in [-0.15, -0.1) is 0 Å². The Balaban J connectivity index is 2.65. The van der Waals surface area contributed by atoms with E-state index in [0.717, 1.165) is 0 Å². The zero-order valence-corrected chi connectivity index (χ0v) is 9.87. The van der Waals surface area contributed by atoms with Gasteiger partial charge < -0.3 is 20.2 Å². The summed E-state index contributed by atoms with van der Waals surface area (Å²) in [5, 5.41) is 2.81. The summed E-state index contributed by atoms with van der Waals surface area (Å²) in [4.78, 5) is 11.8. The van der Waals surface area contributed by atoms with Crippen molar-refractivity contribution >= 4 is 5.91 Å². The second-order valence-electron chi connectivity index (χ2n) is 4.24. The number of furan rings is 1. The summed E-state index contributed by atoms with van der Waals surface area (Å²) < 4.78 is 10.2. The first-order valence-electron chi connectivity index (χ1n) is 5.09. The van der Waals surface area contributed by atoms with Gasteiger partial charge in [-0.3, -0.25) is 4.79 Å². The Morgan fingerprint density at radius 2 is 2.25 bits per heavy atom. The smallest absolute Gasteiger partial charge is 0.287 e. The molecule has 16 heavy (non-hydrogen) atoms. The third-order valence-electron chi connectivity index (χ3n) is 2.04. The normalized spacial score (nSPS) is 11.5. The lowest BCUT2D eigenvalue weighted by Crippen LogP contribution is -2.46. The van der Waals surface area contributed by atoms with Crippen LogP contribution < -0.4 is 11.1 Å². The highest BCUT2D eigenvalue weighted by Crippen LogP contribution is 2.09. The Morgan fingerprint density at radius 1 is 1.56 bits per heavy atom. The van der Waals surface area contributed by atoms with E-state index in [1.807, 2.05) is 13.8 Å². The summed E-state index contributed by atoms with van der Waals surface area (Å²) in [6.45, 7) is 4.47. The van der Waals surface area contributed by atoms with Crippen LogP contribution in [0.1, 0.15) is 30.2 Å². The minimum absolute atomic E-state index is 0.262. The molecule has 0 aliphatic heterocycles. The molecule has 1 aromatic heterocycles. The molecule has 0 spiro atoms. The zero-order valence-electron chi connectivity index (χ0n) is 9.87. The van der Waals surface area contributed by atoms with Crippen LogP contribution >= 0.6 is 0 Å². The first-order valence-corrected chi connectivity index (χ1v) is 5.09. The monoisotopic (exact) mass is 226 g/mol. The number of nitrogens with two attached hydrogens (primary N) is 1. The van der Waals surface area contributed by atoms with E-state index in [1.54, 1.807) is 19.2 Å². The maximum Gasteiger partial charge on any atom is 0.287 e. The molecule has 0 aliphatic carbocycles. The average Bonchev–Trinajstić information content (AvgIpc) is 2.64. The van der Waals surface area contributed by atoms with Crippen LogP contribution in [0.25, 0.3) is 0 Å². The van der Waals surface area contributed by atoms with Gasteiger partial charge in [0.2, 0.25) is 0 Å². The number of hydrogen-bond donors (Lipinski definition) is 2. The zero-order chi connectivity index (χ0) is 12.2. The summed E-state index contributed by atoms with van der Waals surface area (Å²) in [5.74, 6) is 0.598. The number of hydrogen-bond acceptors (Lipinski definition) is 4. The Hall–Kier alpha value is -1.33. The number of ether oxygens (including phenoxy) is 1. The minimum atomic E-state index is -0.429. The molecule has 1 aromatic rings. The minimum Gasteiger partial charge on any atom is -0.455 e. The van der Waals surface area contributed by atoms with Gasteiger partial charge in [0, 0.05) is 7.11 Å². The van der Waals surface area contributed by atoms with E-state index >= 15 is 0 Å². The lowest BCUT2D eigenvalue weighted by molar-refractivity contribution is 0.0792. The second-order valence-corrected chi connectivity index (χ2v) is 4.24. The molecule has 1 rings (SSSR count). The Labute approximate surface area is 94.9 Å². The van der Waals surface area contributed by atoms with Crippen LogP contribution in [0.4, 0.5) is 0 Å². The van der Waals surface area contributed by atoms with Gasteiger partial charge in [-0.05, 0) is 26.0 Å². The number of rotatable bonds is 5. The lowest BCUT2D eigenvalue weighted by Gasteiger charge is -2.24. The van der Waals surface area contributed by atoms with Gasteiger partial charge in [0.25, 0.3) is 5.91 Å². The molecule has 1 amide bonds. The lowest BCUT2D eigenvalue weighted by atomic mass is 10.1. The van der Waals surface area contributed by atoms with Crippen LogP contribution in [0.3, 0.4) is 0 Å². The van der Waals surface area contributed by atoms with Crippen LogP contribution in [0.5, 0.6) is 0 Å². The number of nitrogens with one attached hydrogen (secondary N) is 1. The maximum absolute atomic E-state index is 11.8. The van der Waals surface area contributed by atoms with Gasteiger partial charge in [-0.25, -0.2) is 0 Å². The van der Waals surface area contributed by atoms with Crippen LogP contribution in [0.15, 0.2) is 16.5 Å². The molecule has 0 unspecified atom stereocenters. The molecule has 1 heterocycles. The Kier molecular flexibility index (Phi) is 4.09. The third kappa shape index (κ3) is 3.36. The van der Waals surface area contributed by atoms with Gasteiger partial charge in [0.1, 0.15) is 5.76 Å². The third-order valence-corrected chi connectivity index (χ3v) is 2.04. The van der Waals surface area contributed by atoms with Crippen molar-refractivity contribution < 1.29 is 13.9 Å². The van der Waals surface area contributed by atoms with Crippen molar-refractivity contribution in [2.24, 2.45) is 5.73 Å². The number of amides is 1. The first kappa shape index (κ1) is 12.7. The first-order chi connectivity index (χ1) is 7.48. The summed E-state index contributed by atoms with van der Waals surface area (Å²) in [6, 6.07) is 3.30. The SMILES string of the molecule is COCC(C)(C)NC(=O)c1ccc(CN)o1. The fourth-order valence-corrected chi connectivity index (χ4v) is 1.38. The van der Waals surface area contributed by atoms with Crippen LogP contribution in [0.2, 0.25) is 0 Å².